The van der Waals surface area contributed by atoms with Crippen molar-refractivity contribution in [2.45, 2.75) is 19.3 Å². The molecular weight excluding hydrogens is 584 g/mol. The second-order valence-corrected chi connectivity index (χ2v) is 8.30. The fourth-order valence-electron chi connectivity index (χ4n) is 1.91. The van der Waals surface area contributed by atoms with Crippen molar-refractivity contribution in [3.63, 3.8) is 0 Å². The summed E-state index contributed by atoms with van der Waals surface area (Å²) < 4.78 is 8.36. The molecule has 0 N–H and O–H groups in total. The van der Waals surface area contributed by atoms with E-state index in [1.54, 1.807) is 0 Å². The summed E-state index contributed by atoms with van der Waals surface area (Å²) in [5.41, 5.74) is 1.85. The lowest BCUT2D eigenvalue weighted by Crippen LogP contribution is -2.01. The molecule has 0 saturated heterocycles. The van der Waals surface area contributed by atoms with Gasteiger partial charge in [-0.25, -0.2) is 0 Å². The van der Waals surface area contributed by atoms with Crippen LogP contribution < -0.4 is 0 Å². The molecule has 2 aromatic carbocycles. The Balaban J connectivity index is 0.000000271. The third-order valence-corrected chi connectivity index (χ3v) is 6.08. The van der Waals surface area contributed by atoms with E-state index in [1.807, 2.05) is 36.4 Å². The minimum atomic E-state index is -0.154. The van der Waals surface area contributed by atoms with Crippen LogP contribution in [0.5, 0.6) is 0 Å². The maximum Gasteiger partial charge on any atom is 0.305 e. The van der Waals surface area contributed by atoms with E-state index in [-0.39, 0.29) is 5.97 Å². The quantitative estimate of drug-likeness (QED) is 0.283. The largest absolute Gasteiger partial charge is 0.469 e. The average Bonchev–Trinajstić information content (AvgIpc) is 2.58. The van der Waals surface area contributed by atoms with E-state index < -0.39 is 0 Å². The highest BCUT2D eigenvalue weighted by molar-refractivity contribution is 9.11. The molecule has 2 rings (SSSR count). The molecule has 0 aromatic heterocycles. The molecule has 0 bridgehead atoms. The van der Waals surface area contributed by atoms with Crippen molar-refractivity contribution >= 4 is 76.0 Å². The number of ether oxygens (including phenoxy) is 1. The third kappa shape index (κ3) is 7.72. The lowest BCUT2D eigenvalue weighted by molar-refractivity contribution is -0.140. The van der Waals surface area contributed by atoms with Gasteiger partial charge < -0.3 is 4.74 Å². The fourth-order valence-corrected chi connectivity index (χ4v) is 4.49. The lowest BCUT2D eigenvalue weighted by atomic mass is 10.1. The average molecular weight is 600 g/mol. The van der Waals surface area contributed by atoms with Gasteiger partial charge in [0, 0.05) is 29.9 Å². The van der Waals surface area contributed by atoms with Crippen molar-refractivity contribution in [1.82, 2.24) is 0 Å². The molecule has 0 atom stereocenters. The van der Waals surface area contributed by atoms with Gasteiger partial charge in [-0.05, 0) is 42.7 Å². The standard InChI is InChI=1S/C11H12Br2O2.C7H4Br2O/c1-15-11(14)7-2-4-8-9(12)5-3-6-10(8)13;8-6-2-1-3-7(9)5(6)4-10/h3,5-6H,2,4,7H2,1H3;1-4H. The Kier molecular flexibility index (Phi) is 10.8. The maximum absolute atomic E-state index is 10.9. The van der Waals surface area contributed by atoms with Crippen LogP contribution in [0.3, 0.4) is 0 Å². The van der Waals surface area contributed by atoms with Gasteiger partial charge in [0.1, 0.15) is 0 Å². The molecule has 0 aliphatic carbocycles. The molecule has 7 heteroatoms. The number of rotatable bonds is 5. The Morgan fingerprint density at radius 3 is 1.84 bits per heavy atom. The molecule has 2 aromatic rings. The number of aldehydes is 1. The Bertz CT molecular complexity index is 692. The second-order valence-electron chi connectivity index (χ2n) is 4.88. The number of carbonyl (C=O) groups is 2. The zero-order valence-corrected chi connectivity index (χ0v) is 19.7. The van der Waals surface area contributed by atoms with E-state index >= 15 is 0 Å². The Morgan fingerprint density at radius 1 is 0.960 bits per heavy atom. The number of esters is 1. The van der Waals surface area contributed by atoms with Gasteiger partial charge >= 0.3 is 5.97 Å². The summed E-state index contributed by atoms with van der Waals surface area (Å²) in [7, 11) is 1.41. The van der Waals surface area contributed by atoms with Gasteiger partial charge in [0.15, 0.2) is 6.29 Å². The van der Waals surface area contributed by atoms with Gasteiger partial charge in [-0.1, -0.05) is 75.9 Å². The van der Waals surface area contributed by atoms with Gasteiger partial charge in [-0.15, -0.1) is 0 Å². The van der Waals surface area contributed by atoms with Crippen molar-refractivity contribution in [3.8, 4) is 0 Å². The summed E-state index contributed by atoms with van der Waals surface area (Å²) in [4.78, 5) is 21.3. The van der Waals surface area contributed by atoms with E-state index in [4.69, 9.17) is 0 Å². The molecule has 0 spiro atoms. The van der Waals surface area contributed by atoms with Crippen LogP contribution in [-0.2, 0) is 16.0 Å². The van der Waals surface area contributed by atoms with Crippen molar-refractivity contribution in [3.05, 3.63) is 65.4 Å². The molecule has 0 amide bonds. The van der Waals surface area contributed by atoms with E-state index in [9.17, 15) is 9.59 Å². The van der Waals surface area contributed by atoms with Crippen molar-refractivity contribution in [2.24, 2.45) is 0 Å². The van der Waals surface area contributed by atoms with Crippen LogP contribution in [0, 0.1) is 0 Å². The molecule has 0 heterocycles. The summed E-state index contributed by atoms with van der Waals surface area (Å²) in [5.74, 6) is -0.154. The molecule has 0 fully saturated rings. The SMILES string of the molecule is COC(=O)CCCc1c(Br)cccc1Br.O=Cc1c(Br)cccc1Br. The monoisotopic (exact) mass is 596 g/mol. The summed E-state index contributed by atoms with van der Waals surface area (Å²) in [6.45, 7) is 0. The normalized spacial score (nSPS) is 9.80. The zero-order chi connectivity index (χ0) is 18.8. The minimum Gasteiger partial charge on any atom is -0.469 e. The molecule has 0 unspecified atom stereocenters. The lowest BCUT2D eigenvalue weighted by Gasteiger charge is -2.06. The van der Waals surface area contributed by atoms with Gasteiger partial charge in [-0.2, -0.15) is 0 Å². The van der Waals surface area contributed by atoms with E-state index in [1.165, 1.54) is 12.7 Å². The minimum absolute atomic E-state index is 0.154. The van der Waals surface area contributed by atoms with E-state index in [2.05, 4.69) is 68.5 Å². The summed E-state index contributed by atoms with van der Waals surface area (Å²) >= 11 is 13.5. The van der Waals surface area contributed by atoms with Gasteiger partial charge in [0.2, 0.25) is 0 Å². The predicted molar refractivity (Wildman–Crippen MR) is 114 cm³/mol. The van der Waals surface area contributed by atoms with Gasteiger partial charge in [0.05, 0.1) is 7.11 Å². The number of carbonyl (C=O) groups excluding carboxylic acids is 2. The molecule has 25 heavy (non-hydrogen) atoms. The predicted octanol–water partition coefficient (Wildman–Crippen LogP) is 6.73. The smallest absolute Gasteiger partial charge is 0.305 e. The summed E-state index contributed by atoms with van der Waals surface area (Å²) in [5, 5.41) is 0. The highest BCUT2D eigenvalue weighted by Crippen LogP contribution is 2.26. The Hall–Kier alpha value is -0.500. The van der Waals surface area contributed by atoms with Crippen LogP contribution >= 0.6 is 63.7 Å². The molecule has 0 aliphatic rings. The number of hydrogen-bond acceptors (Lipinski definition) is 3. The number of benzene rings is 2. The first-order chi connectivity index (χ1) is 11.9. The van der Waals surface area contributed by atoms with Crippen LogP contribution in [0.1, 0.15) is 28.8 Å². The van der Waals surface area contributed by atoms with Crippen LogP contribution in [-0.4, -0.2) is 19.4 Å². The van der Waals surface area contributed by atoms with Crippen LogP contribution in [0.4, 0.5) is 0 Å². The summed E-state index contributed by atoms with van der Waals surface area (Å²) in [6, 6.07) is 11.5. The third-order valence-electron chi connectivity index (χ3n) is 3.21. The number of halogens is 4. The van der Waals surface area contributed by atoms with Crippen LogP contribution in [0.15, 0.2) is 54.3 Å². The van der Waals surface area contributed by atoms with Crippen LogP contribution in [0.2, 0.25) is 0 Å². The highest BCUT2D eigenvalue weighted by Gasteiger charge is 2.06. The molecule has 0 aliphatic heterocycles. The first-order valence-electron chi connectivity index (χ1n) is 7.29. The van der Waals surface area contributed by atoms with Crippen molar-refractivity contribution in [1.29, 1.82) is 0 Å². The Morgan fingerprint density at radius 2 is 1.44 bits per heavy atom. The number of hydrogen-bond donors (Lipinski definition) is 0. The van der Waals surface area contributed by atoms with Gasteiger partial charge in [-0.3, -0.25) is 9.59 Å². The maximum atomic E-state index is 10.9. The molecule has 3 nitrogen and oxygen atoms in total. The molecule has 134 valence electrons. The first-order valence-corrected chi connectivity index (χ1v) is 10.5. The van der Waals surface area contributed by atoms with Gasteiger partial charge in [0.25, 0.3) is 0 Å². The van der Waals surface area contributed by atoms with E-state index in [0.29, 0.717) is 12.0 Å². The Labute approximate surface area is 181 Å². The first kappa shape index (κ1) is 22.5. The number of methoxy groups -OCH3 is 1. The highest BCUT2D eigenvalue weighted by atomic mass is 79.9. The second kappa shape index (κ2) is 12.0. The molecule has 0 radical (unpaired) electrons. The zero-order valence-electron chi connectivity index (χ0n) is 13.4. The van der Waals surface area contributed by atoms with Crippen molar-refractivity contribution < 1.29 is 14.3 Å². The van der Waals surface area contributed by atoms with Crippen LogP contribution in [0.25, 0.3) is 0 Å². The molecular formula is C18H16Br4O3. The van der Waals surface area contributed by atoms with E-state index in [0.717, 1.165) is 37.0 Å². The topological polar surface area (TPSA) is 43.4 Å². The summed E-state index contributed by atoms with van der Waals surface area (Å²) in [6.07, 6.45) is 2.93. The van der Waals surface area contributed by atoms with Crippen molar-refractivity contribution in [2.75, 3.05) is 7.11 Å². The molecule has 0 saturated carbocycles. The fraction of sp³-hybridized carbons (Fsp3) is 0.222.